The molecular formula is C14H13BrFNO2S. The van der Waals surface area contributed by atoms with Gasteiger partial charge < -0.3 is 4.74 Å². The van der Waals surface area contributed by atoms with Gasteiger partial charge in [-0.25, -0.2) is 14.2 Å². The summed E-state index contributed by atoms with van der Waals surface area (Å²) in [6.45, 7) is 5.39. The van der Waals surface area contributed by atoms with Crippen LogP contribution in [0.5, 0.6) is 0 Å². The van der Waals surface area contributed by atoms with Crippen LogP contribution in [0.4, 0.5) is 4.39 Å². The van der Waals surface area contributed by atoms with E-state index in [-0.39, 0.29) is 11.5 Å². The van der Waals surface area contributed by atoms with Gasteiger partial charge in [-0.15, -0.1) is 11.3 Å². The maximum Gasteiger partial charge on any atom is 0.359 e. The fourth-order valence-electron chi connectivity index (χ4n) is 1.56. The summed E-state index contributed by atoms with van der Waals surface area (Å²) in [5.74, 6) is -0.810. The third-order valence-electron chi connectivity index (χ3n) is 2.30. The predicted molar refractivity (Wildman–Crippen MR) is 80.4 cm³/mol. The Labute approximate surface area is 128 Å². The van der Waals surface area contributed by atoms with Crippen LogP contribution in [0.3, 0.4) is 0 Å². The number of hydrogen-bond donors (Lipinski definition) is 0. The highest BCUT2D eigenvalue weighted by atomic mass is 79.9. The van der Waals surface area contributed by atoms with Crippen molar-refractivity contribution in [2.45, 2.75) is 26.4 Å². The highest BCUT2D eigenvalue weighted by Crippen LogP contribution is 2.34. The number of ether oxygens (including phenoxy) is 1. The minimum absolute atomic E-state index is 0.239. The molecular weight excluding hydrogens is 345 g/mol. The van der Waals surface area contributed by atoms with Crippen molar-refractivity contribution in [3.05, 3.63) is 39.7 Å². The van der Waals surface area contributed by atoms with Gasteiger partial charge >= 0.3 is 5.97 Å². The Bertz CT molecular complexity index is 632. The highest BCUT2D eigenvalue weighted by molar-refractivity contribution is 9.11. The number of carbonyl (C=O) groups is 1. The standard InChI is InChI=1S/C14H13BrFNO2S/c1-14(2,3)19-12(18)10-11(20-13(15)17-10)8-4-6-9(16)7-5-8/h4-7H,1-3H3. The molecule has 3 nitrogen and oxygen atoms in total. The topological polar surface area (TPSA) is 39.2 Å². The van der Waals surface area contributed by atoms with Gasteiger partial charge in [-0.2, -0.15) is 0 Å². The number of benzene rings is 1. The zero-order chi connectivity index (χ0) is 14.9. The van der Waals surface area contributed by atoms with Crippen LogP contribution < -0.4 is 0 Å². The molecule has 0 bridgehead atoms. The van der Waals surface area contributed by atoms with Gasteiger partial charge in [0.25, 0.3) is 0 Å². The van der Waals surface area contributed by atoms with Gasteiger partial charge in [-0.1, -0.05) is 12.1 Å². The van der Waals surface area contributed by atoms with E-state index in [4.69, 9.17) is 4.74 Å². The molecule has 0 aliphatic carbocycles. The zero-order valence-corrected chi connectivity index (χ0v) is 13.6. The monoisotopic (exact) mass is 357 g/mol. The molecule has 0 unspecified atom stereocenters. The zero-order valence-electron chi connectivity index (χ0n) is 11.2. The number of hydrogen-bond acceptors (Lipinski definition) is 4. The molecule has 0 atom stereocenters. The Morgan fingerprint density at radius 3 is 2.45 bits per heavy atom. The number of halogens is 2. The van der Waals surface area contributed by atoms with Crippen molar-refractivity contribution in [1.82, 2.24) is 4.98 Å². The van der Waals surface area contributed by atoms with Gasteiger partial charge in [0.1, 0.15) is 11.4 Å². The third kappa shape index (κ3) is 3.64. The van der Waals surface area contributed by atoms with Gasteiger partial charge in [0.2, 0.25) is 0 Å². The molecule has 106 valence electrons. The minimum atomic E-state index is -0.590. The van der Waals surface area contributed by atoms with E-state index in [0.29, 0.717) is 8.79 Å². The Hall–Kier alpha value is -1.27. The first kappa shape index (κ1) is 15.1. The van der Waals surface area contributed by atoms with Gasteiger partial charge in [0.05, 0.1) is 4.88 Å². The highest BCUT2D eigenvalue weighted by Gasteiger charge is 2.24. The van der Waals surface area contributed by atoms with E-state index < -0.39 is 11.6 Å². The SMILES string of the molecule is CC(C)(C)OC(=O)c1nc(Br)sc1-c1ccc(F)cc1. The normalized spacial score (nSPS) is 11.4. The molecule has 0 aliphatic rings. The van der Waals surface area contributed by atoms with Crippen molar-refractivity contribution < 1.29 is 13.9 Å². The van der Waals surface area contributed by atoms with Crippen LogP contribution >= 0.6 is 27.3 Å². The second kappa shape index (κ2) is 5.61. The molecule has 1 heterocycles. The smallest absolute Gasteiger partial charge is 0.359 e. The molecule has 2 aromatic rings. The maximum absolute atomic E-state index is 13.0. The summed E-state index contributed by atoms with van der Waals surface area (Å²) in [5.41, 5.74) is 0.381. The summed E-state index contributed by atoms with van der Waals surface area (Å²) in [5, 5.41) is 0. The van der Waals surface area contributed by atoms with E-state index >= 15 is 0 Å². The summed E-state index contributed by atoms with van der Waals surface area (Å²) in [7, 11) is 0. The average molecular weight is 358 g/mol. The van der Waals surface area contributed by atoms with Crippen molar-refractivity contribution in [3.8, 4) is 10.4 Å². The molecule has 0 spiro atoms. The number of aromatic nitrogens is 1. The molecule has 0 fully saturated rings. The van der Waals surface area contributed by atoms with Crippen molar-refractivity contribution in [2.24, 2.45) is 0 Å². The third-order valence-corrected chi connectivity index (χ3v) is 3.86. The first-order valence-electron chi connectivity index (χ1n) is 5.92. The molecule has 1 aromatic carbocycles. The molecule has 0 radical (unpaired) electrons. The quantitative estimate of drug-likeness (QED) is 0.733. The Balaban J connectivity index is 2.40. The number of rotatable bonds is 2. The second-order valence-electron chi connectivity index (χ2n) is 5.15. The lowest BCUT2D eigenvalue weighted by molar-refractivity contribution is 0.00645. The molecule has 6 heteroatoms. The molecule has 0 saturated heterocycles. The van der Waals surface area contributed by atoms with Crippen LogP contribution in [-0.2, 0) is 4.74 Å². The first-order chi connectivity index (χ1) is 9.26. The maximum atomic E-state index is 13.0. The fourth-order valence-corrected chi connectivity index (χ4v) is 3.00. The van der Waals surface area contributed by atoms with Crippen molar-refractivity contribution in [2.75, 3.05) is 0 Å². The lowest BCUT2D eigenvalue weighted by Gasteiger charge is -2.19. The minimum Gasteiger partial charge on any atom is -0.455 e. The van der Waals surface area contributed by atoms with Gasteiger partial charge in [0, 0.05) is 0 Å². The van der Waals surface area contributed by atoms with E-state index in [1.807, 2.05) is 0 Å². The number of thiazole rings is 1. The Morgan fingerprint density at radius 2 is 1.90 bits per heavy atom. The summed E-state index contributed by atoms with van der Waals surface area (Å²) in [6.07, 6.45) is 0. The number of carbonyl (C=O) groups excluding carboxylic acids is 1. The molecule has 1 aromatic heterocycles. The van der Waals surface area contributed by atoms with Crippen molar-refractivity contribution >= 4 is 33.2 Å². The first-order valence-corrected chi connectivity index (χ1v) is 7.53. The number of esters is 1. The van der Waals surface area contributed by atoms with Crippen LogP contribution in [0.2, 0.25) is 0 Å². The van der Waals surface area contributed by atoms with E-state index in [1.165, 1.54) is 23.5 Å². The molecule has 0 aliphatic heterocycles. The molecule has 2 rings (SSSR count). The predicted octanol–water partition coefficient (Wildman–Crippen LogP) is 4.67. The van der Waals surface area contributed by atoms with Gasteiger partial charge in [0.15, 0.2) is 9.61 Å². The largest absolute Gasteiger partial charge is 0.455 e. The van der Waals surface area contributed by atoms with E-state index in [9.17, 15) is 9.18 Å². The number of nitrogens with zero attached hydrogens (tertiary/aromatic N) is 1. The summed E-state index contributed by atoms with van der Waals surface area (Å²) >= 11 is 4.58. The Kier molecular flexibility index (Phi) is 4.25. The fraction of sp³-hybridized carbons (Fsp3) is 0.286. The van der Waals surface area contributed by atoms with Gasteiger partial charge in [-0.05, 0) is 54.4 Å². The molecule has 0 saturated carbocycles. The average Bonchev–Trinajstić information content (AvgIpc) is 2.70. The van der Waals surface area contributed by atoms with Crippen LogP contribution in [0.15, 0.2) is 28.2 Å². The van der Waals surface area contributed by atoms with Crippen LogP contribution in [-0.4, -0.2) is 16.6 Å². The molecule has 0 N–H and O–H groups in total. The lowest BCUT2D eigenvalue weighted by Crippen LogP contribution is -2.24. The van der Waals surface area contributed by atoms with Crippen LogP contribution in [0, 0.1) is 5.82 Å². The summed E-state index contributed by atoms with van der Waals surface area (Å²) in [6, 6.07) is 5.93. The molecule has 0 amide bonds. The summed E-state index contributed by atoms with van der Waals surface area (Å²) in [4.78, 5) is 17.0. The van der Waals surface area contributed by atoms with E-state index in [2.05, 4.69) is 20.9 Å². The lowest BCUT2D eigenvalue weighted by atomic mass is 10.1. The van der Waals surface area contributed by atoms with Crippen LogP contribution in [0.25, 0.3) is 10.4 Å². The van der Waals surface area contributed by atoms with Gasteiger partial charge in [-0.3, -0.25) is 0 Å². The van der Waals surface area contributed by atoms with E-state index in [0.717, 1.165) is 5.56 Å². The van der Waals surface area contributed by atoms with Crippen LogP contribution in [0.1, 0.15) is 31.3 Å². The molecule has 20 heavy (non-hydrogen) atoms. The van der Waals surface area contributed by atoms with Crippen molar-refractivity contribution in [3.63, 3.8) is 0 Å². The second-order valence-corrected chi connectivity index (χ2v) is 7.43. The summed E-state index contributed by atoms with van der Waals surface area (Å²) < 4.78 is 18.9. The van der Waals surface area contributed by atoms with Crippen molar-refractivity contribution in [1.29, 1.82) is 0 Å². The Morgan fingerprint density at radius 1 is 1.30 bits per heavy atom. The van der Waals surface area contributed by atoms with E-state index in [1.54, 1.807) is 32.9 Å².